The quantitative estimate of drug-likeness (QED) is 0.473. The van der Waals surface area contributed by atoms with Crippen molar-refractivity contribution in [3.8, 4) is 0 Å². The molecule has 1 aliphatic heterocycles. The van der Waals surface area contributed by atoms with Crippen molar-refractivity contribution in [2.24, 2.45) is 7.05 Å². The van der Waals surface area contributed by atoms with Gasteiger partial charge in [-0.25, -0.2) is 17.7 Å². The topological polar surface area (TPSA) is 88.0 Å². The monoisotopic (exact) mass is 499 g/mol. The maximum Gasteiger partial charge on any atom is 0.242 e. The van der Waals surface area contributed by atoms with Gasteiger partial charge in [0.2, 0.25) is 15.9 Å². The molecule has 0 saturated carbocycles. The van der Waals surface area contributed by atoms with E-state index in [0.29, 0.717) is 24.9 Å². The van der Waals surface area contributed by atoms with Crippen LogP contribution in [0.1, 0.15) is 17.8 Å². The molecule has 1 aromatic heterocycles. The number of nitrogens with zero attached hydrogens (tertiary/aromatic N) is 5. The van der Waals surface area contributed by atoms with Crippen molar-refractivity contribution < 1.29 is 17.9 Å². The fraction of sp³-hybridized carbons (Fsp3) is 0.440. The molecule has 2 heterocycles. The van der Waals surface area contributed by atoms with Gasteiger partial charge in [-0.2, -0.15) is 0 Å². The molecule has 0 atom stereocenters. The first-order valence-corrected chi connectivity index (χ1v) is 13.1. The first kappa shape index (κ1) is 25.2. The average molecular weight is 500 g/mol. The Labute approximate surface area is 206 Å². The van der Waals surface area contributed by atoms with Gasteiger partial charge in [-0.3, -0.25) is 4.79 Å². The van der Waals surface area contributed by atoms with Crippen LogP contribution >= 0.6 is 0 Å². The molecule has 1 fully saturated rings. The van der Waals surface area contributed by atoms with Crippen LogP contribution < -0.4 is 4.90 Å². The van der Waals surface area contributed by atoms with Crippen molar-refractivity contribution in [3.05, 3.63) is 53.9 Å². The van der Waals surface area contributed by atoms with Crippen molar-refractivity contribution in [2.45, 2.75) is 24.3 Å². The van der Waals surface area contributed by atoms with E-state index in [-0.39, 0.29) is 10.8 Å². The van der Waals surface area contributed by atoms with Gasteiger partial charge in [-0.1, -0.05) is 12.1 Å². The van der Waals surface area contributed by atoms with Crippen molar-refractivity contribution >= 4 is 32.7 Å². The standard InChI is InChI=1S/C25H33N5O4S/c1-27(2)35(32,33)21-9-10-23-22(17-21)26-24(29(23)4)11-12-25(31)28(3)18-19-5-7-20(8-6-19)30-13-15-34-16-14-30/h5-10,17H,11-16,18H2,1-4H3. The van der Waals surface area contributed by atoms with Gasteiger partial charge in [0.05, 0.1) is 29.1 Å². The minimum atomic E-state index is -3.53. The second-order valence-electron chi connectivity index (χ2n) is 9.04. The summed E-state index contributed by atoms with van der Waals surface area (Å²) in [6.45, 7) is 3.83. The summed E-state index contributed by atoms with van der Waals surface area (Å²) in [5, 5.41) is 0. The van der Waals surface area contributed by atoms with Crippen molar-refractivity contribution in [1.29, 1.82) is 0 Å². The lowest BCUT2D eigenvalue weighted by molar-refractivity contribution is -0.130. The molecule has 0 radical (unpaired) electrons. The van der Waals surface area contributed by atoms with Crippen LogP contribution in [0.15, 0.2) is 47.4 Å². The molecule has 0 spiro atoms. The van der Waals surface area contributed by atoms with Crippen LogP contribution in [-0.2, 0) is 39.6 Å². The van der Waals surface area contributed by atoms with E-state index >= 15 is 0 Å². The molecule has 0 aliphatic carbocycles. The molecular weight excluding hydrogens is 466 g/mol. The molecular formula is C25H33N5O4S. The van der Waals surface area contributed by atoms with Gasteiger partial charge in [0.25, 0.3) is 0 Å². The number of anilines is 1. The third-order valence-corrected chi connectivity index (χ3v) is 8.26. The first-order valence-electron chi connectivity index (χ1n) is 11.7. The van der Waals surface area contributed by atoms with E-state index in [0.717, 1.165) is 43.2 Å². The first-order chi connectivity index (χ1) is 16.7. The molecule has 0 unspecified atom stereocenters. The van der Waals surface area contributed by atoms with Crippen LogP contribution in [0.5, 0.6) is 0 Å². The number of ether oxygens (including phenoxy) is 1. The lowest BCUT2D eigenvalue weighted by Crippen LogP contribution is -2.36. The highest BCUT2D eigenvalue weighted by Crippen LogP contribution is 2.22. The highest BCUT2D eigenvalue weighted by molar-refractivity contribution is 7.89. The molecule has 3 aromatic rings. The van der Waals surface area contributed by atoms with E-state index in [2.05, 4.69) is 34.1 Å². The molecule has 10 heteroatoms. The van der Waals surface area contributed by atoms with Gasteiger partial charge in [0, 0.05) is 66.4 Å². The normalized spacial score (nSPS) is 14.6. The number of amides is 1. The smallest absolute Gasteiger partial charge is 0.242 e. The van der Waals surface area contributed by atoms with Gasteiger partial charge in [0.15, 0.2) is 0 Å². The summed E-state index contributed by atoms with van der Waals surface area (Å²) in [5.74, 6) is 0.779. The highest BCUT2D eigenvalue weighted by Gasteiger charge is 2.20. The second-order valence-corrected chi connectivity index (χ2v) is 11.2. The van der Waals surface area contributed by atoms with E-state index < -0.39 is 10.0 Å². The third kappa shape index (κ3) is 5.50. The number of sulfonamides is 1. The lowest BCUT2D eigenvalue weighted by Gasteiger charge is -2.29. The summed E-state index contributed by atoms with van der Waals surface area (Å²) < 4.78 is 33.4. The van der Waals surface area contributed by atoms with Crippen LogP contribution in [0.2, 0.25) is 0 Å². The molecule has 4 rings (SSSR count). The van der Waals surface area contributed by atoms with Crippen LogP contribution in [0.4, 0.5) is 5.69 Å². The van der Waals surface area contributed by atoms with E-state index in [1.807, 2.05) is 18.7 Å². The fourth-order valence-electron chi connectivity index (χ4n) is 4.23. The van der Waals surface area contributed by atoms with Crippen LogP contribution in [0.3, 0.4) is 0 Å². The van der Waals surface area contributed by atoms with Gasteiger partial charge in [-0.05, 0) is 35.9 Å². The molecule has 188 valence electrons. The van der Waals surface area contributed by atoms with Crippen molar-refractivity contribution in [1.82, 2.24) is 18.8 Å². The minimum Gasteiger partial charge on any atom is -0.378 e. The zero-order valence-corrected chi connectivity index (χ0v) is 21.6. The van der Waals surface area contributed by atoms with Gasteiger partial charge < -0.3 is 19.1 Å². The van der Waals surface area contributed by atoms with E-state index in [9.17, 15) is 13.2 Å². The maximum absolute atomic E-state index is 12.8. The zero-order valence-electron chi connectivity index (χ0n) is 20.8. The van der Waals surface area contributed by atoms with Crippen molar-refractivity contribution in [2.75, 3.05) is 52.3 Å². The predicted octanol–water partition coefficient (Wildman–Crippen LogP) is 2.25. The Morgan fingerprint density at radius 3 is 2.40 bits per heavy atom. The summed E-state index contributed by atoms with van der Waals surface area (Å²) in [6.07, 6.45) is 0.794. The van der Waals surface area contributed by atoms with Crippen molar-refractivity contribution in [3.63, 3.8) is 0 Å². The molecule has 9 nitrogen and oxygen atoms in total. The number of hydrogen-bond donors (Lipinski definition) is 0. The molecule has 35 heavy (non-hydrogen) atoms. The predicted molar refractivity (Wildman–Crippen MR) is 136 cm³/mol. The largest absolute Gasteiger partial charge is 0.378 e. The Bertz CT molecular complexity index is 1300. The summed E-state index contributed by atoms with van der Waals surface area (Å²) in [5.41, 5.74) is 3.69. The number of benzene rings is 2. The van der Waals surface area contributed by atoms with Crippen LogP contribution in [0, 0.1) is 0 Å². The Morgan fingerprint density at radius 2 is 1.74 bits per heavy atom. The van der Waals surface area contributed by atoms with Gasteiger partial charge in [0.1, 0.15) is 5.82 Å². The third-order valence-electron chi connectivity index (χ3n) is 6.44. The summed E-state index contributed by atoms with van der Waals surface area (Å²) >= 11 is 0. The molecule has 2 aromatic carbocycles. The zero-order chi connectivity index (χ0) is 25.2. The van der Waals surface area contributed by atoms with E-state index in [1.54, 1.807) is 23.1 Å². The van der Waals surface area contributed by atoms with Crippen LogP contribution in [0.25, 0.3) is 11.0 Å². The Kier molecular flexibility index (Phi) is 7.44. The maximum atomic E-state index is 12.8. The SMILES string of the molecule is CN(Cc1ccc(N2CCOCC2)cc1)C(=O)CCc1nc2cc(S(=O)(=O)N(C)C)ccc2n1C. The van der Waals surface area contributed by atoms with Gasteiger partial charge >= 0.3 is 0 Å². The average Bonchev–Trinajstić information content (AvgIpc) is 3.18. The number of carbonyl (C=O) groups is 1. The number of fused-ring (bicyclic) bond motifs is 1. The van der Waals surface area contributed by atoms with E-state index in [1.165, 1.54) is 24.1 Å². The lowest BCUT2D eigenvalue weighted by atomic mass is 10.1. The summed E-state index contributed by atoms with van der Waals surface area (Å²) in [7, 11) is 3.17. The second kappa shape index (κ2) is 10.3. The molecule has 1 saturated heterocycles. The highest BCUT2D eigenvalue weighted by atomic mass is 32.2. The fourth-order valence-corrected chi connectivity index (χ4v) is 5.15. The molecule has 0 N–H and O–H groups in total. The number of imidazole rings is 1. The van der Waals surface area contributed by atoms with Gasteiger partial charge in [-0.15, -0.1) is 0 Å². The summed E-state index contributed by atoms with van der Waals surface area (Å²) in [4.78, 5) is 21.7. The number of aromatic nitrogens is 2. The Hall–Kier alpha value is -2.95. The Morgan fingerprint density at radius 1 is 1.06 bits per heavy atom. The number of aryl methyl sites for hydroxylation is 2. The number of morpholine rings is 1. The van der Waals surface area contributed by atoms with E-state index in [4.69, 9.17) is 4.74 Å². The molecule has 1 amide bonds. The number of carbonyl (C=O) groups excluding carboxylic acids is 1. The summed E-state index contributed by atoms with van der Waals surface area (Å²) in [6, 6.07) is 13.3. The molecule has 0 bridgehead atoms. The Balaban J connectivity index is 1.37. The molecule has 1 aliphatic rings. The number of hydrogen-bond acceptors (Lipinski definition) is 6. The number of rotatable bonds is 8. The van der Waals surface area contributed by atoms with Crippen LogP contribution in [-0.4, -0.2) is 80.5 Å². The minimum absolute atomic E-state index is 0.0326.